The molecule has 3 rings (SSSR count). The van der Waals surface area contributed by atoms with Crippen molar-refractivity contribution in [3.05, 3.63) is 45.6 Å². The Morgan fingerprint density at radius 3 is 2.74 bits per heavy atom. The molecule has 2 aromatic heterocycles. The highest BCUT2D eigenvalue weighted by Crippen LogP contribution is 2.39. The minimum absolute atomic E-state index is 0.0956. The standard InChI is InChI=1S/C20H23NO4S2/c1-4-6-13(7-5-12-27(3,23)24)17-16(25-2)9-8-15-18(17)14-10-11-26-19(14)20(22)21-15/h7-11H,4-6,12H2,1-3H3,(H,21,22)/b13-7+. The molecular weight excluding hydrogens is 382 g/mol. The third-order valence-electron chi connectivity index (χ3n) is 4.50. The summed E-state index contributed by atoms with van der Waals surface area (Å²) in [5.74, 6) is 0.832. The lowest BCUT2D eigenvalue weighted by atomic mass is 9.93. The minimum Gasteiger partial charge on any atom is -0.496 e. The van der Waals surface area contributed by atoms with E-state index in [1.165, 1.54) is 17.6 Å². The first-order chi connectivity index (χ1) is 12.9. The molecule has 0 aliphatic carbocycles. The number of sulfone groups is 1. The summed E-state index contributed by atoms with van der Waals surface area (Å²) in [6.45, 7) is 2.09. The molecule has 0 aliphatic heterocycles. The van der Waals surface area contributed by atoms with Gasteiger partial charge in [0.15, 0.2) is 0 Å². The van der Waals surface area contributed by atoms with E-state index in [2.05, 4.69) is 11.9 Å². The second kappa shape index (κ2) is 7.86. The number of fused-ring (bicyclic) bond motifs is 3. The summed E-state index contributed by atoms with van der Waals surface area (Å²) < 4.78 is 29.4. The third kappa shape index (κ3) is 4.09. The number of benzene rings is 1. The topological polar surface area (TPSA) is 76.2 Å². The van der Waals surface area contributed by atoms with Crippen LogP contribution < -0.4 is 10.3 Å². The molecular formula is C20H23NO4S2. The molecule has 0 atom stereocenters. The number of aromatic nitrogens is 1. The second-order valence-electron chi connectivity index (χ2n) is 6.58. The number of ether oxygens (including phenoxy) is 1. The molecule has 0 saturated heterocycles. The first-order valence-electron chi connectivity index (χ1n) is 8.83. The Bertz CT molecular complexity index is 1170. The van der Waals surface area contributed by atoms with Gasteiger partial charge in [0.1, 0.15) is 20.3 Å². The number of hydrogen-bond donors (Lipinski definition) is 1. The Labute approximate surface area is 162 Å². The van der Waals surface area contributed by atoms with Crippen LogP contribution in [-0.2, 0) is 9.84 Å². The van der Waals surface area contributed by atoms with Crippen molar-refractivity contribution in [2.24, 2.45) is 0 Å². The van der Waals surface area contributed by atoms with E-state index in [1.54, 1.807) is 7.11 Å². The van der Waals surface area contributed by atoms with Gasteiger partial charge in [0.25, 0.3) is 5.56 Å². The number of nitrogens with one attached hydrogen (secondary N) is 1. The van der Waals surface area contributed by atoms with Gasteiger partial charge in [-0.25, -0.2) is 8.42 Å². The molecule has 0 amide bonds. The summed E-state index contributed by atoms with van der Waals surface area (Å²) in [7, 11) is -1.40. The summed E-state index contributed by atoms with van der Waals surface area (Å²) in [5, 5.41) is 3.76. The van der Waals surface area contributed by atoms with Crippen molar-refractivity contribution in [3.8, 4) is 5.75 Å². The van der Waals surface area contributed by atoms with Crippen molar-refractivity contribution in [3.63, 3.8) is 0 Å². The van der Waals surface area contributed by atoms with E-state index in [0.29, 0.717) is 11.1 Å². The summed E-state index contributed by atoms with van der Waals surface area (Å²) >= 11 is 1.41. The van der Waals surface area contributed by atoms with Crippen LogP contribution in [0.5, 0.6) is 5.75 Å². The number of thiophene rings is 1. The number of H-pyrrole nitrogens is 1. The van der Waals surface area contributed by atoms with Crippen molar-refractivity contribution >= 4 is 47.7 Å². The largest absolute Gasteiger partial charge is 0.496 e. The van der Waals surface area contributed by atoms with Crippen LogP contribution in [0.4, 0.5) is 0 Å². The number of methoxy groups -OCH3 is 1. The Balaban J connectivity index is 2.30. The molecule has 0 fully saturated rings. The smallest absolute Gasteiger partial charge is 0.266 e. The zero-order chi connectivity index (χ0) is 19.6. The van der Waals surface area contributed by atoms with E-state index in [9.17, 15) is 13.2 Å². The maximum atomic E-state index is 12.3. The molecule has 1 N–H and O–H groups in total. The first kappa shape index (κ1) is 19.6. The Hall–Kier alpha value is -2.12. The van der Waals surface area contributed by atoms with Crippen LogP contribution in [0.1, 0.15) is 31.7 Å². The monoisotopic (exact) mass is 405 g/mol. The summed E-state index contributed by atoms with van der Waals surface area (Å²) in [4.78, 5) is 15.3. The van der Waals surface area contributed by atoms with Crippen LogP contribution in [-0.4, -0.2) is 32.5 Å². The molecule has 3 aromatic rings. The minimum atomic E-state index is -3.03. The van der Waals surface area contributed by atoms with Crippen LogP contribution in [0.15, 0.2) is 34.4 Å². The molecule has 27 heavy (non-hydrogen) atoms. The van der Waals surface area contributed by atoms with Crippen molar-refractivity contribution in [1.29, 1.82) is 0 Å². The van der Waals surface area contributed by atoms with Crippen molar-refractivity contribution in [1.82, 2.24) is 4.98 Å². The number of allylic oxidation sites excluding steroid dienone is 2. The highest BCUT2D eigenvalue weighted by molar-refractivity contribution is 7.90. The Morgan fingerprint density at radius 1 is 1.30 bits per heavy atom. The number of hydrogen-bond acceptors (Lipinski definition) is 5. The fourth-order valence-electron chi connectivity index (χ4n) is 3.36. The molecule has 5 nitrogen and oxygen atoms in total. The predicted molar refractivity (Wildman–Crippen MR) is 114 cm³/mol. The highest BCUT2D eigenvalue weighted by Gasteiger charge is 2.17. The zero-order valence-electron chi connectivity index (χ0n) is 15.7. The van der Waals surface area contributed by atoms with E-state index < -0.39 is 9.84 Å². The normalized spacial score (nSPS) is 12.8. The van der Waals surface area contributed by atoms with E-state index in [4.69, 9.17) is 4.74 Å². The summed E-state index contributed by atoms with van der Waals surface area (Å²) in [6, 6.07) is 5.67. The molecule has 144 valence electrons. The number of pyridine rings is 1. The average Bonchev–Trinajstić information content (AvgIpc) is 3.09. The lowest BCUT2D eigenvalue weighted by Gasteiger charge is -2.16. The van der Waals surface area contributed by atoms with Gasteiger partial charge in [-0.05, 0) is 42.0 Å². The molecule has 0 unspecified atom stereocenters. The van der Waals surface area contributed by atoms with Gasteiger partial charge in [0, 0.05) is 28.1 Å². The van der Waals surface area contributed by atoms with E-state index in [-0.39, 0.29) is 11.3 Å². The molecule has 0 saturated carbocycles. The quantitative estimate of drug-likeness (QED) is 0.633. The molecule has 0 aliphatic rings. The number of rotatable bonds is 7. The molecule has 1 aromatic carbocycles. The van der Waals surface area contributed by atoms with Crippen molar-refractivity contribution in [2.75, 3.05) is 19.1 Å². The van der Waals surface area contributed by atoms with Gasteiger partial charge in [0.2, 0.25) is 0 Å². The van der Waals surface area contributed by atoms with E-state index >= 15 is 0 Å². The van der Waals surface area contributed by atoms with Gasteiger partial charge in [-0.15, -0.1) is 11.3 Å². The van der Waals surface area contributed by atoms with Crippen LogP contribution in [0, 0.1) is 0 Å². The van der Waals surface area contributed by atoms with Crippen LogP contribution in [0.2, 0.25) is 0 Å². The van der Waals surface area contributed by atoms with Crippen LogP contribution in [0.25, 0.3) is 26.6 Å². The lowest BCUT2D eigenvalue weighted by Crippen LogP contribution is -2.06. The van der Waals surface area contributed by atoms with Crippen LogP contribution >= 0.6 is 11.3 Å². The fraction of sp³-hybridized carbons (Fsp3) is 0.350. The third-order valence-corrected chi connectivity index (χ3v) is 6.39. The maximum Gasteiger partial charge on any atom is 0.266 e. The highest BCUT2D eigenvalue weighted by atomic mass is 32.2. The van der Waals surface area contributed by atoms with Gasteiger partial charge in [0.05, 0.1) is 12.9 Å². The SMILES string of the molecule is CCC/C(=C\CCS(C)(=O)=O)c1c(OC)ccc2[nH]c(=O)c3sccc3c12. The lowest BCUT2D eigenvalue weighted by molar-refractivity contribution is 0.414. The maximum absolute atomic E-state index is 12.3. The zero-order valence-corrected chi connectivity index (χ0v) is 17.3. The molecule has 0 radical (unpaired) electrons. The Kier molecular flexibility index (Phi) is 5.72. The molecule has 0 bridgehead atoms. The van der Waals surface area contributed by atoms with Crippen molar-refractivity contribution in [2.45, 2.75) is 26.2 Å². The van der Waals surface area contributed by atoms with Crippen LogP contribution in [0.3, 0.4) is 0 Å². The number of aromatic amines is 1. The first-order valence-corrected chi connectivity index (χ1v) is 11.8. The predicted octanol–water partition coefficient (Wildman–Crippen LogP) is 4.37. The van der Waals surface area contributed by atoms with Gasteiger partial charge < -0.3 is 9.72 Å². The molecule has 2 heterocycles. The van der Waals surface area contributed by atoms with E-state index in [1.807, 2.05) is 29.7 Å². The van der Waals surface area contributed by atoms with Crippen molar-refractivity contribution < 1.29 is 13.2 Å². The second-order valence-corrected chi connectivity index (χ2v) is 9.76. The summed E-state index contributed by atoms with van der Waals surface area (Å²) in [6.07, 6.45) is 5.40. The van der Waals surface area contributed by atoms with Gasteiger partial charge in [-0.2, -0.15) is 0 Å². The molecule has 7 heteroatoms. The van der Waals surface area contributed by atoms with E-state index in [0.717, 1.165) is 46.0 Å². The van der Waals surface area contributed by atoms with Gasteiger partial charge in [-0.1, -0.05) is 19.4 Å². The average molecular weight is 406 g/mol. The van der Waals surface area contributed by atoms with Gasteiger partial charge >= 0.3 is 0 Å². The molecule has 0 spiro atoms. The van der Waals surface area contributed by atoms with Gasteiger partial charge in [-0.3, -0.25) is 4.79 Å². The Morgan fingerprint density at radius 2 is 2.07 bits per heavy atom. The fourth-order valence-corrected chi connectivity index (χ4v) is 4.70. The summed E-state index contributed by atoms with van der Waals surface area (Å²) in [5.41, 5.74) is 2.64.